The van der Waals surface area contributed by atoms with E-state index in [-0.39, 0.29) is 11.7 Å². The van der Waals surface area contributed by atoms with Crippen molar-refractivity contribution in [2.75, 3.05) is 5.32 Å². The molecule has 0 fully saturated rings. The lowest BCUT2D eigenvalue weighted by Crippen LogP contribution is -2.17. The third-order valence-electron chi connectivity index (χ3n) is 3.60. The van der Waals surface area contributed by atoms with Crippen LogP contribution in [0, 0.1) is 11.7 Å². The van der Waals surface area contributed by atoms with Crippen LogP contribution in [0.3, 0.4) is 0 Å². The molecule has 1 aromatic carbocycles. The van der Waals surface area contributed by atoms with Gasteiger partial charge in [0, 0.05) is 17.7 Å². The van der Waals surface area contributed by atoms with Crippen LogP contribution in [0.15, 0.2) is 28.8 Å². The van der Waals surface area contributed by atoms with Crippen molar-refractivity contribution >= 4 is 11.6 Å². The van der Waals surface area contributed by atoms with Crippen LogP contribution in [-0.4, -0.2) is 11.1 Å². The number of carbonyl (C=O) groups excluding carboxylic acids is 1. The zero-order chi connectivity index (χ0) is 14.1. The Kier molecular flexibility index (Phi) is 3.26. The van der Waals surface area contributed by atoms with Crippen molar-refractivity contribution in [1.29, 1.82) is 0 Å². The number of amides is 1. The van der Waals surface area contributed by atoms with Gasteiger partial charge in [-0.2, -0.15) is 0 Å². The number of benzene rings is 1. The number of rotatable bonds is 2. The van der Waals surface area contributed by atoms with E-state index in [0.29, 0.717) is 17.3 Å². The van der Waals surface area contributed by atoms with Crippen LogP contribution >= 0.6 is 0 Å². The first-order valence-corrected chi connectivity index (χ1v) is 6.68. The Hall–Kier alpha value is -2.17. The van der Waals surface area contributed by atoms with Gasteiger partial charge in [0.2, 0.25) is 0 Å². The number of hydrogen-bond donors (Lipinski definition) is 1. The summed E-state index contributed by atoms with van der Waals surface area (Å²) in [5.74, 6) is 0.693. The predicted molar refractivity (Wildman–Crippen MR) is 72.0 cm³/mol. The van der Waals surface area contributed by atoms with Gasteiger partial charge < -0.3 is 9.84 Å². The van der Waals surface area contributed by atoms with Crippen LogP contribution < -0.4 is 5.32 Å². The largest absolute Gasteiger partial charge is 0.360 e. The quantitative estimate of drug-likeness (QED) is 0.915. The lowest BCUT2D eigenvalue weighted by Gasteiger charge is -2.16. The number of halogens is 1. The number of carbonyl (C=O) groups is 1. The van der Waals surface area contributed by atoms with Crippen molar-refractivity contribution in [1.82, 2.24) is 5.16 Å². The number of hydrogen-bond acceptors (Lipinski definition) is 3. The van der Waals surface area contributed by atoms with Crippen molar-refractivity contribution in [2.24, 2.45) is 5.92 Å². The molecule has 1 heterocycles. The highest BCUT2D eigenvalue weighted by atomic mass is 19.1. The van der Waals surface area contributed by atoms with E-state index in [1.165, 1.54) is 24.3 Å². The van der Waals surface area contributed by atoms with Crippen molar-refractivity contribution in [3.05, 3.63) is 47.1 Å². The van der Waals surface area contributed by atoms with Gasteiger partial charge in [-0.15, -0.1) is 0 Å². The van der Waals surface area contributed by atoms with E-state index in [1.807, 2.05) is 0 Å². The van der Waals surface area contributed by atoms with Crippen molar-refractivity contribution in [3.63, 3.8) is 0 Å². The van der Waals surface area contributed by atoms with E-state index in [9.17, 15) is 9.18 Å². The van der Waals surface area contributed by atoms with Crippen LogP contribution in [0.25, 0.3) is 0 Å². The molecule has 2 aromatic rings. The maximum atomic E-state index is 12.8. The van der Waals surface area contributed by atoms with Gasteiger partial charge in [0.15, 0.2) is 5.69 Å². The minimum atomic E-state index is -0.337. The first-order valence-electron chi connectivity index (χ1n) is 6.68. The second-order valence-electron chi connectivity index (χ2n) is 5.24. The second kappa shape index (κ2) is 5.07. The summed E-state index contributed by atoms with van der Waals surface area (Å²) >= 11 is 0. The smallest absolute Gasteiger partial charge is 0.278 e. The standard InChI is InChI=1S/C15H15FN2O2/c1-9-2-7-13-12(8-9)14(18-20-13)15(19)17-11-5-3-10(16)4-6-11/h3-6,9H,2,7-8H2,1H3,(H,17,19)/t9-/m1/s1. The average molecular weight is 274 g/mol. The van der Waals surface area contributed by atoms with Gasteiger partial charge in [0.05, 0.1) is 0 Å². The minimum absolute atomic E-state index is 0.310. The Morgan fingerprint density at radius 1 is 1.40 bits per heavy atom. The summed E-state index contributed by atoms with van der Waals surface area (Å²) in [6.07, 6.45) is 2.69. The van der Waals surface area contributed by atoms with E-state index in [2.05, 4.69) is 17.4 Å². The van der Waals surface area contributed by atoms with Crippen LogP contribution in [-0.2, 0) is 12.8 Å². The third-order valence-corrected chi connectivity index (χ3v) is 3.60. The molecular weight excluding hydrogens is 259 g/mol. The maximum absolute atomic E-state index is 12.8. The molecule has 0 saturated carbocycles. The summed E-state index contributed by atoms with van der Waals surface area (Å²) < 4.78 is 18.1. The van der Waals surface area contributed by atoms with Gasteiger partial charge in [0.1, 0.15) is 11.6 Å². The van der Waals surface area contributed by atoms with Crippen LogP contribution in [0.1, 0.15) is 35.2 Å². The second-order valence-corrected chi connectivity index (χ2v) is 5.24. The fourth-order valence-electron chi connectivity index (χ4n) is 2.48. The summed E-state index contributed by atoms with van der Waals surface area (Å²) in [5.41, 5.74) is 1.79. The molecule has 1 N–H and O–H groups in total. The van der Waals surface area contributed by atoms with Crippen LogP contribution in [0.4, 0.5) is 10.1 Å². The lowest BCUT2D eigenvalue weighted by molar-refractivity contribution is 0.101. The minimum Gasteiger partial charge on any atom is -0.360 e. The molecule has 1 amide bonds. The number of anilines is 1. The molecule has 0 spiro atoms. The van der Waals surface area contributed by atoms with E-state index in [1.54, 1.807) is 0 Å². The SMILES string of the molecule is C[C@@H]1CCc2onc(C(=O)Nc3ccc(F)cc3)c2C1. The first kappa shape index (κ1) is 12.8. The Balaban J connectivity index is 1.81. The van der Waals surface area contributed by atoms with Gasteiger partial charge in [-0.25, -0.2) is 4.39 Å². The molecule has 0 bridgehead atoms. The molecule has 1 atom stereocenters. The zero-order valence-corrected chi connectivity index (χ0v) is 11.1. The molecule has 20 heavy (non-hydrogen) atoms. The molecule has 104 valence electrons. The van der Waals surface area contributed by atoms with E-state index in [0.717, 1.165) is 30.6 Å². The third kappa shape index (κ3) is 2.43. The van der Waals surface area contributed by atoms with Crippen molar-refractivity contribution < 1.29 is 13.7 Å². The zero-order valence-electron chi connectivity index (χ0n) is 11.1. The fourth-order valence-corrected chi connectivity index (χ4v) is 2.48. The monoisotopic (exact) mass is 274 g/mol. The molecule has 3 rings (SSSR count). The maximum Gasteiger partial charge on any atom is 0.278 e. The highest BCUT2D eigenvalue weighted by Gasteiger charge is 2.26. The van der Waals surface area contributed by atoms with Gasteiger partial charge in [-0.3, -0.25) is 4.79 Å². The summed E-state index contributed by atoms with van der Waals surface area (Å²) in [5, 5.41) is 6.59. The van der Waals surface area contributed by atoms with E-state index < -0.39 is 0 Å². The Morgan fingerprint density at radius 2 is 2.15 bits per heavy atom. The van der Waals surface area contributed by atoms with Gasteiger partial charge in [-0.1, -0.05) is 12.1 Å². The van der Waals surface area contributed by atoms with Crippen molar-refractivity contribution in [2.45, 2.75) is 26.2 Å². The fraction of sp³-hybridized carbons (Fsp3) is 0.333. The van der Waals surface area contributed by atoms with E-state index >= 15 is 0 Å². The average Bonchev–Trinajstić information content (AvgIpc) is 2.84. The van der Waals surface area contributed by atoms with Crippen molar-refractivity contribution in [3.8, 4) is 0 Å². The summed E-state index contributed by atoms with van der Waals surface area (Å²) in [6.45, 7) is 2.15. The molecule has 0 unspecified atom stereocenters. The summed E-state index contributed by atoms with van der Waals surface area (Å²) in [6, 6.07) is 5.64. The van der Waals surface area contributed by atoms with Crippen LogP contribution in [0.2, 0.25) is 0 Å². The molecule has 1 aliphatic rings. The summed E-state index contributed by atoms with van der Waals surface area (Å²) in [4.78, 5) is 12.2. The highest BCUT2D eigenvalue weighted by molar-refractivity contribution is 6.03. The summed E-state index contributed by atoms with van der Waals surface area (Å²) in [7, 11) is 0. The number of nitrogens with one attached hydrogen (secondary N) is 1. The Morgan fingerprint density at radius 3 is 2.90 bits per heavy atom. The number of fused-ring (bicyclic) bond motifs is 1. The first-order chi connectivity index (χ1) is 9.63. The molecule has 4 nitrogen and oxygen atoms in total. The topological polar surface area (TPSA) is 55.1 Å². The van der Waals surface area contributed by atoms with Gasteiger partial charge in [0.25, 0.3) is 5.91 Å². The predicted octanol–water partition coefficient (Wildman–Crippen LogP) is 3.19. The Bertz CT molecular complexity index is 634. The molecule has 0 aliphatic heterocycles. The Labute approximate surface area is 116 Å². The number of aryl methyl sites for hydroxylation is 1. The molecule has 1 aromatic heterocycles. The normalized spacial score (nSPS) is 17.6. The number of aromatic nitrogens is 1. The van der Waals surface area contributed by atoms with Gasteiger partial charge >= 0.3 is 0 Å². The molecular formula is C15H15FN2O2. The molecule has 5 heteroatoms. The van der Waals surface area contributed by atoms with Crippen LogP contribution in [0.5, 0.6) is 0 Å². The van der Waals surface area contributed by atoms with Gasteiger partial charge in [-0.05, 0) is 43.0 Å². The molecule has 1 aliphatic carbocycles. The van der Waals surface area contributed by atoms with E-state index in [4.69, 9.17) is 4.52 Å². The molecule has 0 saturated heterocycles. The lowest BCUT2D eigenvalue weighted by atomic mass is 9.88. The number of nitrogens with zero attached hydrogens (tertiary/aromatic N) is 1. The highest BCUT2D eigenvalue weighted by Crippen LogP contribution is 2.28. The molecule has 0 radical (unpaired) electrons.